The quantitative estimate of drug-likeness (QED) is 0.260. The molecule has 4 aromatic rings. The van der Waals surface area contributed by atoms with Crippen molar-refractivity contribution in [1.82, 2.24) is 0 Å². The van der Waals surface area contributed by atoms with Crippen LogP contribution in [0.1, 0.15) is 37.5 Å². The van der Waals surface area contributed by atoms with Crippen molar-refractivity contribution in [2.45, 2.75) is 40.0 Å². The average Bonchev–Trinajstić information content (AvgIpc) is 2.84. The van der Waals surface area contributed by atoms with Crippen LogP contribution in [0.15, 0.2) is 91.0 Å². The minimum absolute atomic E-state index is 0.147. The smallest absolute Gasteiger partial charge is 0.134 e. The maximum absolute atomic E-state index is 11.5. The van der Waals surface area contributed by atoms with Crippen LogP contribution in [0, 0.1) is 0 Å². The lowest BCUT2D eigenvalue weighted by atomic mass is 9.92. The van der Waals surface area contributed by atoms with Gasteiger partial charge in [-0.05, 0) is 89.0 Å². The first kappa shape index (κ1) is 25.0. The van der Waals surface area contributed by atoms with Crippen molar-refractivity contribution < 1.29 is 14.4 Å². The van der Waals surface area contributed by atoms with Gasteiger partial charge in [-0.1, -0.05) is 72.8 Å². The van der Waals surface area contributed by atoms with E-state index >= 15 is 0 Å². The standard InChI is InChI=1S/C33H30O3/c1-22(34)16-25-4-10-28(11-5-25)31-19-32(29-12-6-26(7-13-29)17-23(2)35)21-33(20-31)30-14-8-27(9-15-30)18-24(3)36/h4-15,19-21H,16-18H2,1-3H3. The highest BCUT2D eigenvalue weighted by molar-refractivity contribution is 5.83. The largest absolute Gasteiger partial charge is 0.300 e. The fourth-order valence-electron chi connectivity index (χ4n) is 4.44. The van der Waals surface area contributed by atoms with E-state index in [1.807, 2.05) is 36.4 Å². The van der Waals surface area contributed by atoms with Gasteiger partial charge in [0.05, 0.1) is 0 Å². The minimum Gasteiger partial charge on any atom is -0.300 e. The van der Waals surface area contributed by atoms with Gasteiger partial charge in [0.25, 0.3) is 0 Å². The van der Waals surface area contributed by atoms with E-state index in [1.54, 1.807) is 20.8 Å². The van der Waals surface area contributed by atoms with Gasteiger partial charge in [0.15, 0.2) is 0 Å². The summed E-state index contributed by atoms with van der Waals surface area (Å²) in [5.41, 5.74) is 9.48. The highest BCUT2D eigenvalue weighted by Crippen LogP contribution is 2.33. The van der Waals surface area contributed by atoms with Crippen molar-refractivity contribution in [2.75, 3.05) is 0 Å². The molecule has 36 heavy (non-hydrogen) atoms. The molecule has 0 aliphatic heterocycles. The monoisotopic (exact) mass is 474 g/mol. The lowest BCUT2D eigenvalue weighted by molar-refractivity contribution is -0.117. The van der Waals surface area contributed by atoms with Crippen LogP contribution in [0.25, 0.3) is 33.4 Å². The number of carbonyl (C=O) groups is 3. The van der Waals surface area contributed by atoms with E-state index in [0.717, 1.165) is 50.1 Å². The molecule has 0 aromatic heterocycles. The fraction of sp³-hybridized carbons (Fsp3) is 0.182. The third-order valence-electron chi connectivity index (χ3n) is 6.15. The first-order valence-electron chi connectivity index (χ1n) is 12.2. The summed E-state index contributed by atoms with van der Waals surface area (Å²) < 4.78 is 0. The summed E-state index contributed by atoms with van der Waals surface area (Å²) in [6.45, 7) is 4.81. The molecule has 0 fully saturated rings. The van der Waals surface area contributed by atoms with E-state index in [-0.39, 0.29) is 17.3 Å². The van der Waals surface area contributed by atoms with Crippen molar-refractivity contribution in [3.8, 4) is 33.4 Å². The second kappa shape index (κ2) is 11.1. The molecule has 0 bridgehead atoms. The molecule has 0 radical (unpaired) electrons. The molecule has 4 rings (SSSR count). The Labute approximate surface area is 212 Å². The van der Waals surface area contributed by atoms with Crippen LogP contribution in [-0.2, 0) is 33.6 Å². The summed E-state index contributed by atoms with van der Waals surface area (Å²) in [6, 6.07) is 31.0. The third kappa shape index (κ3) is 6.51. The number of hydrogen-bond donors (Lipinski definition) is 0. The van der Waals surface area contributed by atoms with Crippen LogP contribution in [0.5, 0.6) is 0 Å². The highest BCUT2D eigenvalue weighted by atomic mass is 16.1. The normalized spacial score (nSPS) is 10.8. The molecule has 3 nitrogen and oxygen atoms in total. The minimum atomic E-state index is 0.147. The van der Waals surface area contributed by atoms with Gasteiger partial charge in [0.1, 0.15) is 17.3 Å². The van der Waals surface area contributed by atoms with Crippen molar-refractivity contribution in [1.29, 1.82) is 0 Å². The van der Waals surface area contributed by atoms with Crippen LogP contribution >= 0.6 is 0 Å². The average molecular weight is 475 g/mol. The molecule has 4 aromatic carbocycles. The van der Waals surface area contributed by atoms with Crippen molar-refractivity contribution in [3.05, 3.63) is 108 Å². The third-order valence-corrected chi connectivity index (χ3v) is 6.15. The first-order valence-corrected chi connectivity index (χ1v) is 12.2. The van der Waals surface area contributed by atoms with Crippen molar-refractivity contribution in [2.24, 2.45) is 0 Å². The summed E-state index contributed by atoms with van der Waals surface area (Å²) in [7, 11) is 0. The lowest BCUT2D eigenvalue weighted by Gasteiger charge is -2.13. The zero-order chi connectivity index (χ0) is 25.7. The van der Waals surface area contributed by atoms with Gasteiger partial charge < -0.3 is 0 Å². The maximum atomic E-state index is 11.5. The lowest BCUT2D eigenvalue weighted by Crippen LogP contribution is -1.96. The second-order valence-electron chi connectivity index (χ2n) is 9.53. The number of benzene rings is 4. The summed E-state index contributed by atoms with van der Waals surface area (Å²) in [6.07, 6.45) is 1.31. The van der Waals surface area contributed by atoms with Gasteiger partial charge >= 0.3 is 0 Å². The summed E-state index contributed by atoms with van der Waals surface area (Å²) >= 11 is 0. The number of carbonyl (C=O) groups excluding carboxylic acids is 3. The van der Waals surface area contributed by atoms with Crippen LogP contribution in [0.2, 0.25) is 0 Å². The molecule has 0 saturated carbocycles. The zero-order valence-corrected chi connectivity index (χ0v) is 21.0. The van der Waals surface area contributed by atoms with E-state index in [4.69, 9.17) is 0 Å². The Morgan fingerprint density at radius 3 is 0.806 bits per heavy atom. The van der Waals surface area contributed by atoms with Gasteiger partial charge in [0, 0.05) is 19.3 Å². The van der Waals surface area contributed by atoms with Crippen molar-refractivity contribution >= 4 is 17.3 Å². The Hall–Kier alpha value is -4.11. The van der Waals surface area contributed by atoms with Crippen LogP contribution in [0.3, 0.4) is 0 Å². The Bertz CT molecular complexity index is 1210. The van der Waals surface area contributed by atoms with Crippen LogP contribution < -0.4 is 0 Å². The SMILES string of the molecule is CC(=O)Cc1ccc(-c2cc(-c3ccc(CC(C)=O)cc3)cc(-c3ccc(CC(C)=O)cc3)c2)cc1. The van der Waals surface area contributed by atoms with Crippen LogP contribution in [-0.4, -0.2) is 17.3 Å². The van der Waals surface area contributed by atoms with Gasteiger partial charge in [-0.15, -0.1) is 0 Å². The number of Topliss-reactive ketones (excluding diaryl/α,β-unsaturated/α-hetero) is 3. The first-order chi connectivity index (χ1) is 17.3. The molecule has 0 spiro atoms. The maximum Gasteiger partial charge on any atom is 0.134 e. The Kier molecular flexibility index (Phi) is 7.70. The Balaban J connectivity index is 1.76. The van der Waals surface area contributed by atoms with Crippen LogP contribution in [0.4, 0.5) is 0 Å². The summed E-state index contributed by atoms with van der Waals surface area (Å²) in [5.74, 6) is 0.440. The predicted octanol–water partition coefficient (Wildman–Crippen LogP) is 7.08. The number of ketones is 3. The number of hydrogen-bond acceptors (Lipinski definition) is 3. The topological polar surface area (TPSA) is 51.2 Å². The molecular weight excluding hydrogens is 444 g/mol. The Morgan fingerprint density at radius 1 is 0.389 bits per heavy atom. The number of rotatable bonds is 9. The molecule has 0 N–H and O–H groups in total. The summed E-state index contributed by atoms with van der Waals surface area (Å²) in [4.78, 5) is 34.5. The molecular formula is C33H30O3. The van der Waals surface area contributed by atoms with E-state index < -0.39 is 0 Å². The fourth-order valence-corrected chi connectivity index (χ4v) is 4.44. The van der Waals surface area contributed by atoms with Gasteiger partial charge in [-0.2, -0.15) is 0 Å². The molecule has 0 unspecified atom stereocenters. The molecule has 0 atom stereocenters. The molecule has 0 aliphatic carbocycles. The van der Waals surface area contributed by atoms with Gasteiger partial charge in [0.2, 0.25) is 0 Å². The van der Waals surface area contributed by atoms with E-state index in [9.17, 15) is 14.4 Å². The predicted molar refractivity (Wildman–Crippen MR) is 146 cm³/mol. The van der Waals surface area contributed by atoms with E-state index in [1.165, 1.54) is 0 Å². The Morgan fingerprint density at radius 2 is 0.611 bits per heavy atom. The van der Waals surface area contributed by atoms with E-state index in [2.05, 4.69) is 54.6 Å². The second-order valence-corrected chi connectivity index (χ2v) is 9.53. The zero-order valence-electron chi connectivity index (χ0n) is 21.0. The molecule has 180 valence electrons. The molecule has 0 amide bonds. The molecule has 3 heteroatoms. The van der Waals surface area contributed by atoms with Crippen molar-refractivity contribution in [3.63, 3.8) is 0 Å². The molecule has 0 saturated heterocycles. The highest BCUT2D eigenvalue weighted by Gasteiger charge is 2.09. The molecule has 0 heterocycles. The summed E-state index contributed by atoms with van der Waals surface area (Å²) in [5, 5.41) is 0. The van der Waals surface area contributed by atoms with E-state index in [0.29, 0.717) is 19.3 Å². The van der Waals surface area contributed by atoms with Gasteiger partial charge in [-0.25, -0.2) is 0 Å². The molecule has 0 aliphatic rings. The van der Waals surface area contributed by atoms with Gasteiger partial charge in [-0.3, -0.25) is 14.4 Å².